The number of amides is 2. The quantitative estimate of drug-likeness (QED) is 0.621. The molecule has 132 valence electrons. The molecule has 4 rings (SSSR count). The summed E-state index contributed by atoms with van der Waals surface area (Å²) >= 11 is 1.38. The number of benzene rings is 1. The minimum absolute atomic E-state index is 0.0606. The highest BCUT2D eigenvalue weighted by Crippen LogP contribution is 2.38. The maximum atomic E-state index is 12.8. The number of fused-ring (bicyclic) bond motifs is 2. The van der Waals surface area contributed by atoms with Gasteiger partial charge in [0.25, 0.3) is 11.8 Å². The van der Waals surface area contributed by atoms with Crippen LogP contribution >= 0.6 is 11.3 Å². The van der Waals surface area contributed by atoms with Gasteiger partial charge in [-0.15, -0.1) is 11.3 Å². The molecule has 2 aromatic rings. The molecule has 0 saturated heterocycles. The predicted molar refractivity (Wildman–Crippen MR) is 102 cm³/mol. The summed E-state index contributed by atoms with van der Waals surface area (Å²) in [6.07, 6.45) is 3.81. The monoisotopic (exact) mass is 374 g/mol. The van der Waals surface area contributed by atoms with Crippen LogP contribution < -0.4 is 10.6 Å². The molecule has 0 spiro atoms. The van der Waals surface area contributed by atoms with Crippen molar-refractivity contribution < 1.29 is 9.59 Å². The van der Waals surface area contributed by atoms with Crippen LogP contribution in [0.4, 0.5) is 10.7 Å². The first-order valence-electron chi connectivity index (χ1n) is 8.55. The second kappa shape index (κ2) is 6.71. The number of nitrogens with zero attached hydrogens (tertiary/aromatic N) is 2. The Labute approximate surface area is 159 Å². The van der Waals surface area contributed by atoms with E-state index in [0.717, 1.165) is 36.1 Å². The largest absolute Gasteiger partial charge is 0.321 e. The van der Waals surface area contributed by atoms with E-state index >= 15 is 0 Å². The smallest absolute Gasteiger partial charge is 0.267 e. The molecule has 0 radical (unpaired) electrons. The van der Waals surface area contributed by atoms with Gasteiger partial charge in [-0.1, -0.05) is 18.2 Å². The van der Waals surface area contributed by atoms with Crippen LogP contribution in [0.25, 0.3) is 5.57 Å². The summed E-state index contributed by atoms with van der Waals surface area (Å²) in [5.41, 5.74) is 2.38. The van der Waals surface area contributed by atoms with Crippen LogP contribution in [0.2, 0.25) is 0 Å². The third kappa shape index (κ3) is 2.79. The van der Waals surface area contributed by atoms with Gasteiger partial charge in [0.05, 0.1) is 11.1 Å². The number of nitrogens with one attached hydrogen (secondary N) is 2. The second-order valence-electron chi connectivity index (χ2n) is 6.34. The summed E-state index contributed by atoms with van der Waals surface area (Å²) in [6.45, 7) is 0. The van der Waals surface area contributed by atoms with Crippen molar-refractivity contribution in [2.45, 2.75) is 25.7 Å². The van der Waals surface area contributed by atoms with E-state index in [1.807, 2.05) is 6.07 Å². The van der Waals surface area contributed by atoms with Crippen LogP contribution in [0.15, 0.2) is 29.8 Å². The lowest BCUT2D eigenvalue weighted by Gasteiger charge is -2.09. The van der Waals surface area contributed by atoms with Crippen LogP contribution in [-0.2, 0) is 22.4 Å². The minimum Gasteiger partial charge on any atom is -0.321 e. The summed E-state index contributed by atoms with van der Waals surface area (Å²) in [4.78, 5) is 26.2. The number of carbonyl (C=O) groups is 2. The lowest BCUT2D eigenvalue weighted by atomic mass is 9.96. The number of hydrogen-bond donors (Lipinski definition) is 2. The molecule has 2 aliphatic rings. The summed E-state index contributed by atoms with van der Waals surface area (Å²) in [6, 6.07) is 11.0. The first kappa shape index (κ1) is 17.0. The van der Waals surface area contributed by atoms with E-state index in [1.54, 1.807) is 24.3 Å². The Morgan fingerprint density at radius 2 is 1.96 bits per heavy atom. The molecular formula is C20H14N4O2S. The van der Waals surface area contributed by atoms with Crippen LogP contribution in [0.1, 0.15) is 34.4 Å². The van der Waals surface area contributed by atoms with Crippen molar-refractivity contribution in [1.82, 2.24) is 0 Å². The maximum absolute atomic E-state index is 12.8. The van der Waals surface area contributed by atoms with Gasteiger partial charge in [-0.05, 0) is 37.3 Å². The molecular weight excluding hydrogens is 360 g/mol. The average molecular weight is 374 g/mol. The van der Waals surface area contributed by atoms with Gasteiger partial charge in [0, 0.05) is 16.1 Å². The highest BCUT2D eigenvalue weighted by molar-refractivity contribution is 7.16. The summed E-state index contributed by atoms with van der Waals surface area (Å²) in [5, 5.41) is 24.9. The molecule has 0 saturated carbocycles. The third-order valence-corrected chi connectivity index (χ3v) is 5.98. The summed E-state index contributed by atoms with van der Waals surface area (Å²) < 4.78 is 0. The number of carbonyl (C=O) groups excluding carboxylic acids is 2. The van der Waals surface area contributed by atoms with Gasteiger partial charge >= 0.3 is 0 Å². The number of para-hydroxylation sites is 1. The number of rotatable bonds is 2. The zero-order valence-corrected chi connectivity index (χ0v) is 15.1. The molecule has 6 nitrogen and oxygen atoms in total. The Bertz CT molecular complexity index is 1100. The van der Waals surface area contributed by atoms with Crippen LogP contribution in [0, 0.1) is 22.7 Å². The molecule has 0 fully saturated rings. The van der Waals surface area contributed by atoms with E-state index in [0.29, 0.717) is 21.8 Å². The fourth-order valence-corrected chi connectivity index (χ4v) is 4.76. The molecule has 0 bridgehead atoms. The Hall–Kier alpha value is -3.42. The molecule has 2 amide bonds. The number of hydrogen-bond acceptors (Lipinski definition) is 5. The fourth-order valence-electron chi connectivity index (χ4n) is 3.52. The first-order chi connectivity index (χ1) is 13.1. The van der Waals surface area contributed by atoms with Gasteiger partial charge in [-0.3, -0.25) is 9.59 Å². The molecule has 1 aromatic carbocycles. The SMILES string of the molecule is N#CC(C(=O)Nc1sc2c(c1C#N)CCCC2)=C1C(=O)Nc2ccccc21. The molecule has 0 unspecified atom stereocenters. The minimum atomic E-state index is -0.672. The van der Waals surface area contributed by atoms with Gasteiger partial charge < -0.3 is 10.6 Å². The molecule has 1 aliphatic heterocycles. The van der Waals surface area contributed by atoms with Gasteiger partial charge in [0.2, 0.25) is 0 Å². The standard InChI is InChI=1S/C20H14N4O2S/c21-9-13-11-5-2-4-8-16(11)27-20(13)24-18(25)14(10-22)17-12-6-1-3-7-15(12)23-19(17)26/h1,3,6-7H,2,4-5,8H2,(H,23,26)(H,24,25). The second-order valence-corrected chi connectivity index (χ2v) is 7.45. The van der Waals surface area contributed by atoms with Gasteiger partial charge in [-0.25, -0.2) is 0 Å². The van der Waals surface area contributed by atoms with Crippen molar-refractivity contribution in [3.63, 3.8) is 0 Å². The van der Waals surface area contributed by atoms with Crippen molar-refractivity contribution in [3.05, 3.63) is 51.4 Å². The number of anilines is 2. The molecule has 1 aromatic heterocycles. The van der Waals surface area contributed by atoms with Gasteiger partial charge in [0.15, 0.2) is 0 Å². The lowest BCUT2D eigenvalue weighted by Crippen LogP contribution is -2.17. The fraction of sp³-hybridized carbons (Fsp3) is 0.200. The normalized spacial score (nSPS) is 16.4. The van der Waals surface area contributed by atoms with E-state index in [1.165, 1.54) is 11.3 Å². The molecule has 2 N–H and O–H groups in total. The van der Waals surface area contributed by atoms with E-state index in [9.17, 15) is 20.1 Å². The predicted octanol–water partition coefficient (Wildman–Crippen LogP) is 3.37. The molecule has 7 heteroatoms. The van der Waals surface area contributed by atoms with E-state index in [2.05, 4.69) is 16.7 Å². The van der Waals surface area contributed by atoms with Crippen molar-refractivity contribution >= 4 is 39.4 Å². The number of thiophene rings is 1. The van der Waals surface area contributed by atoms with Gasteiger partial charge in [0.1, 0.15) is 22.7 Å². The van der Waals surface area contributed by atoms with Crippen molar-refractivity contribution in [2.24, 2.45) is 0 Å². The Morgan fingerprint density at radius 3 is 2.74 bits per heavy atom. The highest BCUT2D eigenvalue weighted by Gasteiger charge is 2.31. The zero-order valence-electron chi connectivity index (χ0n) is 14.3. The van der Waals surface area contributed by atoms with Gasteiger partial charge in [-0.2, -0.15) is 10.5 Å². The van der Waals surface area contributed by atoms with Crippen molar-refractivity contribution in [3.8, 4) is 12.1 Å². The van der Waals surface area contributed by atoms with E-state index < -0.39 is 11.8 Å². The lowest BCUT2D eigenvalue weighted by molar-refractivity contribution is -0.113. The van der Waals surface area contributed by atoms with Crippen LogP contribution in [0.3, 0.4) is 0 Å². The zero-order chi connectivity index (χ0) is 19.0. The van der Waals surface area contributed by atoms with Crippen LogP contribution in [0.5, 0.6) is 0 Å². The molecule has 0 atom stereocenters. The molecule has 27 heavy (non-hydrogen) atoms. The number of nitriles is 2. The van der Waals surface area contributed by atoms with E-state index in [4.69, 9.17) is 0 Å². The van der Waals surface area contributed by atoms with E-state index in [-0.39, 0.29) is 11.1 Å². The average Bonchev–Trinajstić information content (AvgIpc) is 3.19. The topological polar surface area (TPSA) is 106 Å². The summed E-state index contributed by atoms with van der Waals surface area (Å²) in [7, 11) is 0. The molecule has 1 aliphatic carbocycles. The molecule has 2 heterocycles. The first-order valence-corrected chi connectivity index (χ1v) is 9.36. The number of aryl methyl sites for hydroxylation is 1. The Balaban J connectivity index is 1.73. The Kier molecular flexibility index (Phi) is 4.23. The Morgan fingerprint density at radius 1 is 1.19 bits per heavy atom. The third-order valence-electron chi connectivity index (χ3n) is 4.77. The van der Waals surface area contributed by atoms with Crippen molar-refractivity contribution in [1.29, 1.82) is 10.5 Å². The maximum Gasteiger partial charge on any atom is 0.267 e. The summed E-state index contributed by atoms with van der Waals surface area (Å²) in [5.74, 6) is -1.15. The van der Waals surface area contributed by atoms with Crippen molar-refractivity contribution in [2.75, 3.05) is 10.6 Å². The highest BCUT2D eigenvalue weighted by atomic mass is 32.1. The van der Waals surface area contributed by atoms with Crippen LogP contribution in [-0.4, -0.2) is 11.8 Å².